The molecule has 0 rings (SSSR count). The number of allylic oxidation sites excluding steroid dienone is 1. The first kappa shape index (κ1) is 14.9. The maximum Gasteiger partial charge on any atom is 0.121 e. The van der Waals surface area contributed by atoms with Crippen LogP contribution in [0.15, 0.2) is 35.1 Å². The summed E-state index contributed by atoms with van der Waals surface area (Å²) in [5.74, 6) is -0.190. The SMILES string of the molecule is OCC=C(O)C(=CCO)C(=CCO)CCO. The molecule has 16 heavy (non-hydrogen) atoms. The van der Waals surface area contributed by atoms with Gasteiger partial charge in [0.15, 0.2) is 0 Å². The van der Waals surface area contributed by atoms with Crippen LogP contribution < -0.4 is 0 Å². The standard InChI is InChI=1S/C11H18O5/c12-5-1-9(2-6-13)10(3-7-14)11(16)4-8-15/h1,3-4,12-16H,2,5-8H2. The van der Waals surface area contributed by atoms with E-state index in [1.807, 2.05) is 0 Å². The number of aliphatic hydroxyl groups excluding tert-OH is 5. The average molecular weight is 230 g/mol. The molecule has 0 aromatic rings. The molecule has 0 aromatic carbocycles. The number of aliphatic hydroxyl groups is 5. The molecule has 0 aliphatic rings. The molecule has 0 spiro atoms. The van der Waals surface area contributed by atoms with E-state index in [1.54, 1.807) is 0 Å². The zero-order valence-corrected chi connectivity index (χ0v) is 9.00. The smallest absolute Gasteiger partial charge is 0.121 e. The number of hydrogen-bond donors (Lipinski definition) is 5. The van der Waals surface area contributed by atoms with Gasteiger partial charge in [-0.05, 0) is 24.1 Å². The predicted molar refractivity (Wildman–Crippen MR) is 59.8 cm³/mol. The zero-order chi connectivity index (χ0) is 12.4. The van der Waals surface area contributed by atoms with Crippen molar-refractivity contribution in [1.29, 1.82) is 0 Å². The normalized spacial score (nSPS) is 14.4. The molecule has 0 saturated carbocycles. The Morgan fingerprint density at radius 1 is 0.812 bits per heavy atom. The Bertz CT molecular complexity index is 278. The molecule has 5 N–H and O–H groups in total. The van der Waals surface area contributed by atoms with E-state index in [4.69, 9.17) is 20.4 Å². The highest BCUT2D eigenvalue weighted by atomic mass is 16.3. The summed E-state index contributed by atoms with van der Waals surface area (Å²) < 4.78 is 0. The van der Waals surface area contributed by atoms with Gasteiger partial charge in [-0.2, -0.15) is 0 Å². The first-order valence-electron chi connectivity index (χ1n) is 4.93. The quantitative estimate of drug-likeness (QED) is 0.304. The van der Waals surface area contributed by atoms with Gasteiger partial charge in [-0.1, -0.05) is 6.08 Å². The molecular weight excluding hydrogens is 212 g/mol. The van der Waals surface area contributed by atoms with Gasteiger partial charge in [0.1, 0.15) is 5.76 Å². The van der Waals surface area contributed by atoms with Crippen LogP contribution in [0.4, 0.5) is 0 Å². The molecule has 0 atom stereocenters. The number of hydrogen-bond acceptors (Lipinski definition) is 5. The lowest BCUT2D eigenvalue weighted by atomic mass is 10.00. The molecule has 5 nitrogen and oxygen atoms in total. The van der Waals surface area contributed by atoms with E-state index in [-0.39, 0.29) is 38.6 Å². The van der Waals surface area contributed by atoms with Crippen molar-refractivity contribution >= 4 is 0 Å². The second kappa shape index (κ2) is 9.11. The molecule has 0 bridgehead atoms. The van der Waals surface area contributed by atoms with Gasteiger partial charge in [0, 0.05) is 12.2 Å². The molecule has 0 fully saturated rings. The van der Waals surface area contributed by atoms with Gasteiger partial charge in [0.25, 0.3) is 0 Å². The van der Waals surface area contributed by atoms with Gasteiger partial charge >= 0.3 is 0 Å². The fourth-order valence-electron chi connectivity index (χ4n) is 1.27. The Kier molecular flexibility index (Phi) is 8.46. The van der Waals surface area contributed by atoms with E-state index < -0.39 is 0 Å². The van der Waals surface area contributed by atoms with E-state index in [9.17, 15) is 5.11 Å². The van der Waals surface area contributed by atoms with Crippen LogP contribution in [0.1, 0.15) is 6.42 Å². The molecule has 0 aliphatic heterocycles. The summed E-state index contributed by atoms with van der Waals surface area (Å²) in [7, 11) is 0. The first-order valence-corrected chi connectivity index (χ1v) is 4.93. The van der Waals surface area contributed by atoms with Crippen molar-refractivity contribution in [3.05, 3.63) is 35.1 Å². The Labute approximate surface area is 94.3 Å². The summed E-state index contributed by atoms with van der Waals surface area (Å²) in [5.41, 5.74) is 0.820. The van der Waals surface area contributed by atoms with Crippen LogP contribution in [0.25, 0.3) is 0 Å². The molecular formula is C11H18O5. The Morgan fingerprint density at radius 2 is 1.38 bits per heavy atom. The Morgan fingerprint density at radius 3 is 1.81 bits per heavy atom. The van der Waals surface area contributed by atoms with Crippen LogP contribution >= 0.6 is 0 Å². The summed E-state index contributed by atoms with van der Waals surface area (Å²) in [4.78, 5) is 0. The molecule has 92 valence electrons. The maximum absolute atomic E-state index is 9.58. The van der Waals surface area contributed by atoms with Crippen LogP contribution in [0.3, 0.4) is 0 Å². The zero-order valence-electron chi connectivity index (χ0n) is 9.00. The summed E-state index contributed by atoms with van der Waals surface area (Å²) >= 11 is 0. The van der Waals surface area contributed by atoms with E-state index in [2.05, 4.69) is 0 Å². The van der Waals surface area contributed by atoms with Gasteiger partial charge in [-0.3, -0.25) is 0 Å². The monoisotopic (exact) mass is 230 g/mol. The van der Waals surface area contributed by atoms with Gasteiger partial charge in [-0.25, -0.2) is 0 Å². The summed E-state index contributed by atoms with van der Waals surface area (Å²) in [5, 5.41) is 44.7. The van der Waals surface area contributed by atoms with Crippen molar-refractivity contribution in [3.63, 3.8) is 0 Å². The highest BCUT2D eigenvalue weighted by molar-refractivity contribution is 5.43. The van der Waals surface area contributed by atoms with Crippen molar-refractivity contribution < 1.29 is 25.5 Å². The van der Waals surface area contributed by atoms with Crippen molar-refractivity contribution in [2.45, 2.75) is 6.42 Å². The minimum atomic E-state index is -0.333. The van der Waals surface area contributed by atoms with Crippen molar-refractivity contribution in [2.75, 3.05) is 26.4 Å². The highest BCUT2D eigenvalue weighted by Gasteiger charge is 2.08. The van der Waals surface area contributed by atoms with Crippen molar-refractivity contribution in [3.8, 4) is 0 Å². The van der Waals surface area contributed by atoms with Crippen LogP contribution in [-0.2, 0) is 0 Å². The first-order chi connectivity index (χ1) is 7.71. The van der Waals surface area contributed by atoms with Crippen LogP contribution in [0.5, 0.6) is 0 Å². The second-order valence-electron chi connectivity index (χ2n) is 2.96. The minimum absolute atomic E-state index is 0.138. The van der Waals surface area contributed by atoms with E-state index in [1.165, 1.54) is 18.2 Å². The van der Waals surface area contributed by atoms with E-state index in [0.29, 0.717) is 11.1 Å². The summed E-state index contributed by atoms with van der Waals surface area (Å²) in [6.07, 6.45) is 4.19. The second-order valence-corrected chi connectivity index (χ2v) is 2.96. The van der Waals surface area contributed by atoms with Crippen molar-refractivity contribution in [1.82, 2.24) is 0 Å². The predicted octanol–water partition coefficient (Wildman–Crippen LogP) is -0.360. The molecule has 0 aromatic heterocycles. The largest absolute Gasteiger partial charge is 0.508 e. The molecule has 0 amide bonds. The van der Waals surface area contributed by atoms with E-state index in [0.717, 1.165) is 0 Å². The summed E-state index contributed by atoms with van der Waals surface area (Å²) in [6, 6.07) is 0. The fourth-order valence-corrected chi connectivity index (χ4v) is 1.27. The Balaban J connectivity index is 5.08. The minimum Gasteiger partial charge on any atom is -0.508 e. The summed E-state index contributed by atoms with van der Waals surface area (Å²) in [6.45, 7) is -0.988. The van der Waals surface area contributed by atoms with Gasteiger partial charge in [0.2, 0.25) is 0 Å². The fraction of sp³-hybridized carbons (Fsp3) is 0.455. The van der Waals surface area contributed by atoms with Gasteiger partial charge in [0.05, 0.1) is 19.8 Å². The van der Waals surface area contributed by atoms with Crippen LogP contribution in [-0.4, -0.2) is 52.0 Å². The third-order valence-electron chi connectivity index (χ3n) is 1.92. The molecule has 0 aliphatic carbocycles. The maximum atomic E-state index is 9.58. The third kappa shape index (κ3) is 5.09. The lowest BCUT2D eigenvalue weighted by Gasteiger charge is -2.10. The van der Waals surface area contributed by atoms with Gasteiger partial charge < -0.3 is 25.5 Å². The van der Waals surface area contributed by atoms with E-state index >= 15 is 0 Å². The van der Waals surface area contributed by atoms with Crippen LogP contribution in [0.2, 0.25) is 0 Å². The molecule has 0 saturated heterocycles. The lowest BCUT2D eigenvalue weighted by Crippen LogP contribution is -2.01. The highest BCUT2D eigenvalue weighted by Crippen LogP contribution is 2.20. The van der Waals surface area contributed by atoms with Crippen LogP contribution in [0, 0.1) is 0 Å². The molecule has 0 heterocycles. The third-order valence-corrected chi connectivity index (χ3v) is 1.92. The molecule has 0 unspecified atom stereocenters. The molecule has 5 heteroatoms. The van der Waals surface area contributed by atoms with Gasteiger partial charge in [-0.15, -0.1) is 0 Å². The van der Waals surface area contributed by atoms with Crippen molar-refractivity contribution in [2.24, 2.45) is 0 Å². The average Bonchev–Trinajstić information content (AvgIpc) is 2.26. The molecule has 0 radical (unpaired) electrons. The number of rotatable bonds is 7. The Hall–Kier alpha value is -1.14. The topological polar surface area (TPSA) is 101 Å². The lowest BCUT2D eigenvalue weighted by molar-refractivity contribution is 0.297.